The molecule has 4 aromatic rings. The Labute approximate surface area is 204 Å². The van der Waals surface area contributed by atoms with Gasteiger partial charge in [0.1, 0.15) is 18.0 Å². The van der Waals surface area contributed by atoms with Crippen molar-refractivity contribution >= 4 is 33.7 Å². The van der Waals surface area contributed by atoms with Crippen molar-refractivity contribution < 1.29 is 42.1 Å². The molecule has 0 fully saturated rings. The number of carbonyl (C=O) groups excluding carboxylic acids is 1. The molecule has 0 bridgehead atoms. The van der Waals surface area contributed by atoms with Crippen molar-refractivity contribution in [2.45, 2.75) is 26.6 Å². The second kappa shape index (κ2) is 11.1. The van der Waals surface area contributed by atoms with Crippen LogP contribution in [-0.4, -0.2) is 53.1 Å². The summed E-state index contributed by atoms with van der Waals surface area (Å²) in [6.45, 7) is 3.30. The summed E-state index contributed by atoms with van der Waals surface area (Å²) in [6, 6.07) is 9.38. The number of hydrogen-bond acceptors (Lipinski definition) is 5. The quantitative estimate of drug-likeness (QED) is 0.314. The molecule has 0 atom stereocenters. The molecular weight excluding hydrogens is 481 g/mol. The largest absolute Gasteiger partial charge is 0.493 e. The van der Waals surface area contributed by atoms with Crippen LogP contribution < -0.4 is 9.47 Å². The van der Waals surface area contributed by atoms with E-state index < -0.39 is 18.7 Å². The molecule has 0 aliphatic heterocycles. The normalized spacial score (nSPS) is 11.2. The monoisotopic (exact) mass is 506 g/mol. The molecule has 0 spiro atoms. The lowest BCUT2D eigenvalue weighted by molar-refractivity contribution is -0.139. The van der Waals surface area contributed by atoms with Crippen LogP contribution in [0.4, 0.5) is 13.2 Å². The summed E-state index contributed by atoms with van der Waals surface area (Å²) in [5.74, 6) is -0.616. The van der Waals surface area contributed by atoms with Crippen LogP contribution in [0.2, 0.25) is 0 Å². The molecule has 0 saturated carbocycles. The summed E-state index contributed by atoms with van der Waals surface area (Å²) in [6.07, 6.45) is -1.29. The Morgan fingerprint density at radius 2 is 1.61 bits per heavy atom. The van der Waals surface area contributed by atoms with Crippen LogP contribution in [0.3, 0.4) is 0 Å². The number of nitrogens with one attached hydrogen (secondary N) is 1. The van der Waals surface area contributed by atoms with Crippen LogP contribution in [0, 0.1) is 0 Å². The third kappa shape index (κ3) is 6.09. The molecule has 0 amide bonds. The first-order valence-corrected chi connectivity index (χ1v) is 11.0. The number of benzene rings is 2. The molecular formula is C25H25F3N2O6. The van der Waals surface area contributed by atoms with E-state index in [1.54, 1.807) is 19.1 Å². The molecule has 0 aliphatic carbocycles. The number of aromatic nitrogens is 2. The number of ether oxygens (including phenoxy) is 3. The topological polar surface area (TPSA) is 103 Å². The third-order valence-electron chi connectivity index (χ3n) is 5.10. The fourth-order valence-electron chi connectivity index (χ4n) is 3.63. The number of rotatable bonds is 7. The molecule has 11 heteroatoms. The molecule has 0 radical (unpaired) electrons. The molecule has 36 heavy (non-hydrogen) atoms. The zero-order valence-electron chi connectivity index (χ0n) is 19.8. The number of esters is 1. The lowest BCUT2D eigenvalue weighted by Crippen LogP contribution is -2.17. The Bertz CT molecular complexity index is 1370. The molecule has 4 rings (SSSR count). The molecule has 8 nitrogen and oxygen atoms in total. The predicted molar refractivity (Wildman–Crippen MR) is 127 cm³/mol. The van der Waals surface area contributed by atoms with E-state index in [-0.39, 0.29) is 22.8 Å². The van der Waals surface area contributed by atoms with Crippen molar-refractivity contribution in [1.29, 1.82) is 0 Å². The number of methoxy groups -OCH3 is 1. The molecule has 0 unspecified atom stereocenters. The van der Waals surface area contributed by atoms with E-state index in [1.807, 2.05) is 19.2 Å². The Morgan fingerprint density at radius 3 is 2.19 bits per heavy atom. The van der Waals surface area contributed by atoms with Crippen LogP contribution in [0.1, 0.15) is 34.6 Å². The average Bonchev–Trinajstić information content (AvgIpc) is 3.45. The van der Waals surface area contributed by atoms with Gasteiger partial charge in [-0.2, -0.15) is 13.2 Å². The fraction of sp³-hybridized carbons (Fsp3) is 0.280. The van der Waals surface area contributed by atoms with Gasteiger partial charge < -0.3 is 28.9 Å². The highest BCUT2D eigenvalue weighted by molar-refractivity contribution is 5.97. The van der Waals surface area contributed by atoms with Crippen molar-refractivity contribution in [2.75, 3.05) is 20.3 Å². The number of H-pyrrole nitrogens is 1. The summed E-state index contributed by atoms with van der Waals surface area (Å²) in [5, 5.41) is 10.4. The first-order valence-electron chi connectivity index (χ1n) is 11.0. The van der Waals surface area contributed by atoms with E-state index in [0.717, 1.165) is 15.5 Å². The zero-order valence-corrected chi connectivity index (χ0v) is 19.8. The summed E-state index contributed by atoms with van der Waals surface area (Å²) < 4.78 is 53.9. The maximum Gasteiger partial charge on any atom is 0.406 e. The van der Waals surface area contributed by atoms with Crippen LogP contribution in [0.5, 0.6) is 11.5 Å². The summed E-state index contributed by atoms with van der Waals surface area (Å²) in [5.41, 5.74) is 1.43. The van der Waals surface area contributed by atoms with Gasteiger partial charge in [-0.3, -0.25) is 0 Å². The minimum absolute atomic E-state index is 0.108. The van der Waals surface area contributed by atoms with Gasteiger partial charge in [-0.25, -0.2) is 9.59 Å². The number of nitrogens with zero attached hydrogens (tertiary/aromatic N) is 1. The zero-order chi connectivity index (χ0) is 26.5. The lowest BCUT2D eigenvalue weighted by Gasteiger charge is -2.11. The maximum atomic E-state index is 12.5. The van der Waals surface area contributed by atoms with Crippen molar-refractivity contribution in [3.8, 4) is 11.5 Å². The van der Waals surface area contributed by atoms with E-state index in [2.05, 4.69) is 9.72 Å². The minimum Gasteiger partial charge on any atom is -0.493 e. The molecule has 192 valence electrons. The van der Waals surface area contributed by atoms with Crippen molar-refractivity contribution in [3.05, 3.63) is 59.9 Å². The van der Waals surface area contributed by atoms with E-state index in [9.17, 15) is 22.8 Å². The van der Waals surface area contributed by atoms with Gasteiger partial charge in [-0.1, -0.05) is 0 Å². The summed E-state index contributed by atoms with van der Waals surface area (Å²) in [7, 11) is 1.36. The van der Waals surface area contributed by atoms with Gasteiger partial charge in [0.25, 0.3) is 0 Å². The van der Waals surface area contributed by atoms with E-state index in [0.29, 0.717) is 29.9 Å². The molecule has 2 N–H and O–H groups in total. The molecule has 0 aliphatic rings. The van der Waals surface area contributed by atoms with Crippen molar-refractivity contribution in [3.63, 3.8) is 0 Å². The highest BCUT2D eigenvalue weighted by Gasteiger charge is 2.28. The summed E-state index contributed by atoms with van der Waals surface area (Å²) >= 11 is 0. The molecule has 2 heterocycles. The Balaban J connectivity index is 0.000000205. The van der Waals surface area contributed by atoms with Gasteiger partial charge in [0, 0.05) is 28.7 Å². The van der Waals surface area contributed by atoms with Crippen LogP contribution >= 0.6 is 0 Å². The molecule has 2 aromatic carbocycles. The van der Waals surface area contributed by atoms with Gasteiger partial charge in [0.2, 0.25) is 0 Å². The standard InChI is InChI=1S/C13H12F3NO3.C12H13NO3/c1-2-20-11-6-8(12(18)19)5-10-9(11)3-4-17(10)7-13(14,15)16;1-3-16-11-7-8(12(14)15-2)6-10-9(11)4-5-13-10/h3-6H,2,7H2,1H3,(H,18,19);4-7,13H,3H2,1-2H3. The molecule has 0 saturated heterocycles. The third-order valence-corrected chi connectivity index (χ3v) is 5.10. The Hall–Kier alpha value is -4.15. The Morgan fingerprint density at radius 1 is 0.972 bits per heavy atom. The van der Waals surface area contributed by atoms with Crippen molar-refractivity contribution in [2.24, 2.45) is 0 Å². The van der Waals surface area contributed by atoms with Crippen molar-refractivity contribution in [1.82, 2.24) is 9.55 Å². The van der Waals surface area contributed by atoms with Crippen LogP contribution in [0.25, 0.3) is 21.8 Å². The maximum absolute atomic E-state index is 12.5. The number of fused-ring (bicyclic) bond motifs is 2. The van der Waals surface area contributed by atoms with Gasteiger partial charge in [0.05, 0.1) is 37.0 Å². The Kier molecular flexibility index (Phi) is 8.13. The van der Waals surface area contributed by atoms with Crippen LogP contribution in [0.15, 0.2) is 48.8 Å². The first-order chi connectivity index (χ1) is 17.1. The lowest BCUT2D eigenvalue weighted by atomic mass is 10.1. The SMILES string of the molecule is CCOc1cc(C(=O)O)cc2c1ccn2CC(F)(F)F.CCOc1cc(C(=O)OC)cc2[nH]ccc12. The smallest absolute Gasteiger partial charge is 0.406 e. The number of carboxylic acids is 1. The molecule has 2 aromatic heterocycles. The summed E-state index contributed by atoms with van der Waals surface area (Å²) in [4.78, 5) is 25.5. The van der Waals surface area contributed by atoms with E-state index in [4.69, 9.17) is 14.6 Å². The minimum atomic E-state index is -4.38. The van der Waals surface area contributed by atoms with E-state index in [1.165, 1.54) is 31.5 Å². The van der Waals surface area contributed by atoms with Gasteiger partial charge in [-0.05, 0) is 50.2 Å². The second-order valence-electron chi connectivity index (χ2n) is 7.54. The number of carboxylic acid groups (broad SMARTS) is 1. The van der Waals surface area contributed by atoms with Crippen LogP contribution in [-0.2, 0) is 11.3 Å². The first kappa shape index (κ1) is 26.5. The highest BCUT2D eigenvalue weighted by atomic mass is 19.4. The number of aromatic carboxylic acids is 1. The number of halogens is 3. The number of aromatic amines is 1. The van der Waals surface area contributed by atoms with Gasteiger partial charge in [0.15, 0.2) is 0 Å². The highest BCUT2D eigenvalue weighted by Crippen LogP contribution is 2.31. The predicted octanol–water partition coefficient (Wildman–Crippen LogP) is 5.65. The van der Waals surface area contributed by atoms with E-state index >= 15 is 0 Å². The van der Waals surface area contributed by atoms with Gasteiger partial charge >= 0.3 is 18.1 Å². The number of alkyl halides is 3. The number of carbonyl (C=O) groups is 2. The average molecular weight is 506 g/mol. The second-order valence-corrected chi connectivity index (χ2v) is 7.54. The van der Waals surface area contributed by atoms with Gasteiger partial charge in [-0.15, -0.1) is 0 Å². The fourth-order valence-corrected chi connectivity index (χ4v) is 3.63. The number of hydrogen-bond donors (Lipinski definition) is 2.